The summed E-state index contributed by atoms with van der Waals surface area (Å²) in [6.45, 7) is 1.72. The maximum absolute atomic E-state index is 5.45. The Kier molecular flexibility index (Phi) is 4.54. The number of hydrogen-bond donors (Lipinski definition) is 1. The molecule has 1 aromatic rings. The molecule has 0 aliphatic carbocycles. The van der Waals surface area contributed by atoms with E-state index in [0.717, 1.165) is 6.54 Å². The van der Waals surface area contributed by atoms with Crippen molar-refractivity contribution in [1.82, 2.24) is 5.32 Å². The molecule has 0 spiro atoms. The normalized spacial score (nSPS) is 21.6. The van der Waals surface area contributed by atoms with Gasteiger partial charge in [-0.05, 0) is 30.5 Å². The molecule has 0 bridgehead atoms. The fraction of sp³-hybridized carbons (Fsp3) is 0.571. The molecule has 3 nitrogen and oxygen atoms in total. The van der Waals surface area contributed by atoms with Crippen LogP contribution < -0.4 is 5.32 Å². The van der Waals surface area contributed by atoms with E-state index in [1.165, 1.54) is 24.0 Å². The Morgan fingerprint density at radius 3 is 2.94 bits per heavy atom. The van der Waals surface area contributed by atoms with Crippen LogP contribution in [0.4, 0.5) is 0 Å². The molecular weight excluding hydrogens is 214 g/mol. The summed E-state index contributed by atoms with van der Waals surface area (Å²) in [6, 6.07) is 9.13. The highest BCUT2D eigenvalue weighted by atomic mass is 16.5. The number of rotatable bonds is 5. The molecule has 2 atom stereocenters. The molecule has 1 fully saturated rings. The third-order valence-corrected chi connectivity index (χ3v) is 3.35. The maximum Gasteiger partial charge on any atom is 0.105 e. The molecular formula is C14H21NO2. The van der Waals surface area contributed by atoms with Crippen molar-refractivity contribution in [2.75, 3.05) is 27.4 Å². The molecule has 1 N–H and O–H groups in total. The maximum atomic E-state index is 5.45. The highest BCUT2D eigenvalue weighted by Crippen LogP contribution is 2.26. The van der Waals surface area contributed by atoms with Gasteiger partial charge in [0.05, 0.1) is 6.61 Å². The molecule has 2 rings (SSSR count). The summed E-state index contributed by atoms with van der Waals surface area (Å²) >= 11 is 0. The Hall–Kier alpha value is -0.900. The van der Waals surface area contributed by atoms with Gasteiger partial charge in [-0.15, -0.1) is 0 Å². The predicted molar refractivity (Wildman–Crippen MR) is 68.0 cm³/mol. The van der Waals surface area contributed by atoms with E-state index in [2.05, 4.69) is 29.6 Å². The van der Waals surface area contributed by atoms with Gasteiger partial charge in [-0.3, -0.25) is 0 Å². The molecule has 94 valence electrons. The molecule has 1 saturated heterocycles. The lowest BCUT2D eigenvalue weighted by molar-refractivity contribution is 0.0274. The van der Waals surface area contributed by atoms with Crippen LogP contribution in [-0.4, -0.2) is 27.4 Å². The van der Waals surface area contributed by atoms with E-state index in [9.17, 15) is 0 Å². The zero-order valence-corrected chi connectivity index (χ0v) is 10.6. The van der Waals surface area contributed by atoms with Gasteiger partial charge in [0.2, 0.25) is 0 Å². The van der Waals surface area contributed by atoms with Crippen LogP contribution in [0.5, 0.6) is 0 Å². The Bertz CT molecular complexity index is 348. The molecule has 2 unspecified atom stereocenters. The minimum Gasteiger partial charge on any atom is -0.382 e. The molecule has 1 aliphatic rings. The van der Waals surface area contributed by atoms with Crippen molar-refractivity contribution in [2.24, 2.45) is 0 Å². The van der Waals surface area contributed by atoms with Crippen molar-refractivity contribution in [3.8, 4) is 0 Å². The quantitative estimate of drug-likeness (QED) is 0.850. The SMILES string of the molecule is COCC(OC)c1cccc(C2CCCN2)c1. The van der Waals surface area contributed by atoms with Crippen LogP contribution in [0.1, 0.15) is 36.1 Å². The van der Waals surface area contributed by atoms with Crippen molar-refractivity contribution >= 4 is 0 Å². The average Bonchev–Trinajstić information content (AvgIpc) is 2.90. The molecule has 0 amide bonds. The van der Waals surface area contributed by atoms with E-state index in [1.54, 1.807) is 14.2 Å². The van der Waals surface area contributed by atoms with Crippen LogP contribution in [-0.2, 0) is 9.47 Å². The highest BCUT2D eigenvalue weighted by molar-refractivity contribution is 5.28. The minimum atomic E-state index is 0.0290. The Morgan fingerprint density at radius 2 is 2.29 bits per heavy atom. The van der Waals surface area contributed by atoms with E-state index >= 15 is 0 Å². The number of methoxy groups -OCH3 is 2. The highest BCUT2D eigenvalue weighted by Gasteiger charge is 2.18. The molecule has 1 aromatic carbocycles. The number of ether oxygens (including phenoxy) is 2. The molecule has 1 aliphatic heterocycles. The lowest BCUT2D eigenvalue weighted by Gasteiger charge is -2.17. The van der Waals surface area contributed by atoms with E-state index in [-0.39, 0.29) is 6.10 Å². The summed E-state index contributed by atoms with van der Waals surface area (Å²) in [4.78, 5) is 0. The van der Waals surface area contributed by atoms with Crippen LogP contribution >= 0.6 is 0 Å². The largest absolute Gasteiger partial charge is 0.382 e. The summed E-state index contributed by atoms with van der Waals surface area (Å²) in [5.41, 5.74) is 2.55. The zero-order chi connectivity index (χ0) is 12.1. The first-order chi connectivity index (χ1) is 8.35. The van der Waals surface area contributed by atoms with E-state index in [0.29, 0.717) is 12.6 Å². The first kappa shape index (κ1) is 12.6. The van der Waals surface area contributed by atoms with Gasteiger partial charge in [-0.2, -0.15) is 0 Å². The standard InChI is InChI=1S/C14H21NO2/c1-16-10-14(17-2)12-6-3-5-11(9-12)13-7-4-8-15-13/h3,5-6,9,13-15H,4,7-8,10H2,1-2H3. The summed E-state index contributed by atoms with van der Waals surface area (Å²) in [7, 11) is 3.43. The van der Waals surface area contributed by atoms with E-state index in [1.807, 2.05) is 0 Å². The second-order valence-corrected chi connectivity index (χ2v) is 4.50. The van der Waals surface area contributed by atoms with Crippen molar-refractivity contribution < 1.29 is 9.47 Å². The Morgan fingerprint density at radius 1 is 1.41 bits per heavy atom. The lowest BCUT2D eigenvalue weighted by Crippen LogP contribution is -2.14. The summed E-state index contributed by atoms with van der Waals surface area (Å²) in [6.07, 6.45) is 2.52. The predicted octanol–water partition coefficient (Wildman–Crippen LogP) is 2.45. The summed E-state index contributed by atoms with van der Waals surface area (Å²) < 4.78 is 10.6. The van der Waals surface area contributed by atoms with E-state index < -0.39 is 0 Å². The summed E-state index contributed by atoms with van der Waals surface area (Å²) in [5.74, 6) is 0. The average molecular weight is 235 g/mol. The van der Waals surface area contributed by atoms with Gasteiger partial charge in [0.15, 0.2) is 0 Å². The molecule has 17 heavy (non-hydrogen) atoms. The third-order valence-electron chi connectivity index (χ3n) is 3.35. The fourth-order valence-electron chi connectivity index (χ4n) is 2.40. The van der Waals surface area contributed by atoms with Gasteiger partial charge >= 0.3 is 0 Å². The first-order valence-corrected chi connectivity index (χ1v) is 6.20. The van der Waals surface area contributed by atoms with Gasteiger partial charge in [0.1, 0.15) is 6.10 Å². The topological polar surface area (TPSA) is 30.5 Å². The van der Waals surface area contributed by atoms with Crippen molar-refractivity contribution in [3.05, 3.63) is 35.4 Å². The van der Waals surface area contributed by atoms with E-state index in [4.69, 9.17) is 9.47 Å². The molecule has 0 radical (unpaired) electrons. The number of benzene rings is 1. The van der Waals surface area contributed by atoms with Gasteiger partial charge in [-0.1, -0.05) is 24.3 Å². The first-order valence-electron chi connectivity index (χ1n) is 6.20. The van der Waals surface area contributed by atoms with Crippen LogP contribution in [0.2, 0.25) is 0 Å². The van der Waals surface area contributed by atoms with Crippen molar-refractivity contribution in [3.63, 3.8) is 0 Å². The summed E-state index contributed by atoms with van der Waals surface area (Å²) in [5, 5.41) is 3.52. The van der Waals surface area contributed by atoms with Gasteiger partial charge in [0.25, 0.3) is 0 Å². The van der Waals surface area contributed by atoms with Gasteiger partial charge in [-0.25, -0.2) is 0 Å². The van der Waals surface area contributed by atoms with Crippen LogP contribution in [0, 0.1) is 0 Å². The van der Waals surface area contributed by atoms with Crippen LogP contribution in [0.15, 0.2) is 24.3 Å². The molecule has 0 aromatic heterocycles. The third kappa shape index (κ3) is 3.06. The Labute approximate surface area is 103 Å². The molecule has 1 heterocycles. The number of nitrogens with one attached hydrogen (secondary N) is 1. The molecule has 3 heteroatoms. The van der Waals surface area contributed by atoms with Crippen molar-refractivity contribution in [2.45, 2.75) is 25.0 Å². The molecule has 0 saturated carbocycles. The van der Waals surface area contributed by atoms with Crippen molar-refractivity contribution in [1.29, 1.82) is 0 Å². The fourth-order valence-corrected chi connectivity index (χ4v) is 2.40. The smallest absolute Gasteiger partial charge is 0.105 e. The monoisotopic (exact) mass is 235 g/mol. The number of hydrogen-bond acceptors (Lipinski definition) is 3. The van der Waals surface area contributed by atoms with Crippen LogP contribution in [0.3, 0.4) is 0 Å². The lowest BCUT2D eigenvalue weighted by atomic mass is 10.0. The Balaban J connectivity index is 2.14. The second kappa shape index (κ2) is 6.15. The second-order valence-electron chi connectivity index (χ2n) is 4.50. The van der Waals surface area contributed by atoms with Crippen LogP contribution in [0.25, 0.3) is 0 Å². The van der Waals surface area contributed by atoms with Gasteiger partial charge in [0, 0.05) is 20.3 Å². The zero-order valence-electron chi connectivity index (χ0n) is 10.6. The van der Waals surface area contributed by atoms with Gasteiger partial charge < -0.3 is 14.8 Å². The minimum absolute atomic E-state index is 0.0290.